The highest BCUT2D eigenvalue weighted by Crippen LogP contribution is 2.34. The largest absolute Gasteiger partial charge is 0.497 e. The van der Waals surface area contributed by atoms with Gasteiger partial charge in [0.1, 0.15) is 17.1 Å². The molecule has 0 N–H and O–H groups in total. The van der Waals surface area contributed by atoms with Gasteiger partial charge < -0.3 is 9.15 Å². The van der Waals surface area contributed by atoms with Crippen molar-refractivity contribution in [3.63, 3.8) is 0 Å². The van der Waals surface area contributed by atoms with E-state index in [0.717, 1.165) is 29.1 Å². The Morgan fingerprint density at radius 1 is 1.00 bits per heavy atom. The minimum atomic E-state index is 0.859. The van der Waals surface area contributed by atoms with Gasteiger partial charge in [-0.25, -0.2) is 0 Å². The molecule has 1 heterocycles. The van der Waals surface area contributed by atoms with Crippen LogP contribution in [0, 0.1) is 0 Å². The normalized spacial score (nSPS) is 10.8. The van der Waals surface area contributed by atoms with Gasteiger partial charge >= 0.3 is 0 Å². The number of hydrogen-bond acceptors (Lipinski definition) is 2. The number of aryl methyl sites for hydroxylation is 1. The molecule has 0 radical (unpaired) electrons. The van der Waals surface area contributed by atoms with Crippen LogP contribution >= 0.6 is 0 Å². The van der Waals surface area contributed by atoms with Gasteiger partial charge in [-0.3, -0.25) is 0 Å². The van der Waals surface area contributed by atoms with Crippen molar-refractivity contribution in [2.45, 2.75) is 13.3 Å². The predicted molar refractivity (Wildman–Crippen MR) is 77.6 cm³/mol. The molecule has 0 saturated heterocycles. The third-order valence-corrected chi connectivity index (χ3v) is 3.40. The van der Waals surface area contributed by atoms with E-state index in [1.54, 1.807) is 7.11 Å². The fraction of sp³-hybridized carbons (Fsp3) is 0.176. The lowest BCUT2D eigenvalue weighted by Crippen LogP contribution is -1.85. The molecule has 0 aliphatic rings. The summed E-state index contributed by atoms with van der Waals surface area (Å²) in [5.74, 6) is 1.82. The molecule has 0 fully saturated rings. The number of benzene rings is 2. The molecule has 0 aliphatic heterocycles. The van der Waals surface area contributed by atoms with Gasteiger partial charge in [0.2, 0.25) is 0 Å². The van der Waals surface area contributed by atoms with E-state index >= 15 is 0 Å². The quantitative estimate of drug-likeness (QED) is 0.675. The standard InChI is InChI=1S/C17H16O2/c1-3-14-15-6-4-5-7-16(15)19-17(14)12-8-10-13(18-2)11-9-12/h4-11H,3H2,1-2H3. The topological polar surface area (TPSA) is 22.4 Å². The molecule has 2 nitrogen and oxygen atoms in total. The molecule has 0 bridgehead atoms. The van der Waals surface area contributed by atoms with Crippen molar-refractivity contribution in [1.82, 2.24) is 0 Å². The zero-order valence-corrected chi connectivity index (χ0v) is 11.1. The Morgan fingerprint density at radius 2 is 1.74 bits per heavy atom. The summed E-state index contributed by atoms with van der Waals surface area (Å²) >= 11 is 0. The summed E-state index contributed by atoms with van der Waals surface area (Å²) in [7, 11) is 1.67. The van der Waals surface area contributed by atoms with E-state index in [0.29, 0.717) is 0 Å². The maximum atomic E-state index is 6.01. The zero-order valence-electron chi connectivity index (χ0n) is 11.1. The molecular weight excluding hydrogens is 236 g/mol. The Balaban J connectivity index is 2.17. The predicted octanol–water partition coefficient (Wildman–Crippen LogP) is 4.67. The molecule has 96 valence electrons. The van der Waals surface area contributed by atoms with Gasteiger partial charge in [-0.15, -0.1) is 0 Å². The van der Waals surface area contributed by atoms with Crippen molar-refractivity contribution in [2.75, 3.05) is 7.11 Å². The number of hydrogen-bond donors (Lipinski definition) is 0. The molecule has 3 aromatic rings. The van der Waals surface area contributed by atoms with Crippen molar-refractivity contribution in [3.8, 4) is 17.1 Å². The van der Waals surface area contributed by atoms with Crippen molar-refractivity contribution in [2.24, 2.45) is 0 Å². The van der Waals surface area contributed by atoms with Crippen LogP contribution in [0.1, 0.15) is 12.5 Å². The van der Waals surface area contributed by atoms with Gasteiger partial charge in [0, 0.05) is 16.5 Å². The third kappa shape index (κ3) is 1.99. The van der Waals surface area contributed by atoms with Crippen molar-refractivity contribution >= 4 is 11.0 Å². The number of fused-ring (bicyclic) bond motifs is 1. The molecule has 19 heavy (non-hydrogen) atoms. The summed E-state index contributed by atoms with van der Waals surface area (Å²) in [6, 6.07) is 16.2. The van der Waals surface area contributed by atoms with Crippen molar-refractivity contribution < 1.29 is 9.15 Å². The first-order valence-corrected chi connectivity index (χ1v) is 6.48. The maximum absolute atomic E-state index is 6.01. The lowest BCUT2D eigenvalue weighted by atomic mass is 10.0. The molecule has 2 heteroatoms. The molecule has 0 saturated carbocycles. The van der Waals surface area contributed by atoms with E-state index < -0.39 is 0 Å². The number of methoxy groups -OCH3 is 1. The van der Waals surface area contributed by atoms with Crippen LogP contribution in [0.3, 0.4) is 0 Å². The fourth-order valence-electron chi connectivity index (χ4n) is 2.43. The Kier molecular flexibility index (Phi) is 3.00. The number of rotatable bonds is 3. The van der Waals surface area contributed by atoms with Crippen LogP contribution in [0.2, 0.25) is 0 Å². The van der Waals surface area contributed by atoms with Crippen molar-refractivity contribution in [1.29, 1.82) is 0 Å². The minimum absolute atomic E-state index is 0.859. The fourth-order valence-corrected chi connectivity index (χ4v) is 2.43. The maximum Gasteiger partial charge on any atom is 0.138 e. The average molecular weight is 252 g/mol. The second-order valence-corrected chi connectivity index (χ2v) is 4.49. The lowest BCUT2D eigenvalue weighted by molar-refractivity contribution is 0.415. The molecular formula is C17H16O2. The highest BCUT2D eigenvalue weighted by atomic mass is 16.5. The Labute approximate surface area is 112 Å². The summed E-state index contributed by atoms with van der Waals surface area (Å²) in [5.41, 5.74) is 3.31. The van der Waals surface area contributed by atoms with Gasteiger partial charge in [-0.1, -0.05) is 25.1 Å². The smallest absolute Gasteiger partial charge is 0.138 e. The molecule has 1 aromatic heterocycles. The van der Waals surface area contributed by atoms with Gasteiger partial charge in [-0.05, 0) is 36.8 Å². The van der Waals surface area contributed by atoms with Crippen LogP contribution in [0.4, 0.5) is 0 Å². The van der Waals surface area contributed by atoms with E-state index in [1.165, 1.54) is 10.9 Å². The van der Waals surface area contributed by atoms with E-state index in [-0.39, 0.29) is 0 Å². The molecule has 0 unspecified atom stereocenters. The van der Waals surface area contributed by atoms with E-state index in [9.17, 15) is 0 Å². The number of ether oxygens (including phenoxy) is 1. The summed E-state index contributed by atoms with van der Waals surface area (Å²) < 4.78 is 11.2. The van der Waals surface area contributed by atoms with Crippen LogP contribution in [-0.4, -0.2) is 7.11 Å². The van der Waals surface area contributed by atoms with Crippen LogP contribution in [0.5, 0.6) is 5.75 Å². The second kappa shape index (κ2) is 4.81. The van der Waals surface area contributed by atoms with Crippen molar-refractivity contribution in [3.05, 3.63) is 54.1 Å². The molecule has 2 aromatic carbocycles. The van der Waals surface area contributed by atoms with Gasteiger partial charge in [0.15, 0.2) is 0 Å². The second-order valence-electron chi connectivity index (χ2n) is 4.49. The summed E-state index contributed by atoms with van der Waals surface area (Å²) in [6.07, 6.45) is 0.957. The summed E-state index contributed by atoms with van der Waals surface area (Å²) in [4.78, 5) is 0. The number of furan rings is 1. The molecule has 0 atom stereocenters. The minimum Gasteiger partial charge on any atom is -0.497 e. The molecule has 0 amide bonds. The summed E-state index contributed by atoms with van der Waals surface area (Å²) in [6.45, 7) is 2.16. The van der Waals surface area contributed by atoms with Gasteiger partial charge in [0.25, 0.3) is 0 Å². The molecule has 3 rings (SSSR count). The Hall–Kier alpha value is -2.22. The van der Waals surface area contributed by atoms with E-state index in [2.05, 4.69) is 19.1 Å². The first-order chi connectivity index (χ1) is 9.33. The highest BCUT2D eigenvalue weighted by molar-refractivity contribution is 5.87. The van der Waals surface area contributed by atoms with E-state index in [4.69, 9.17) is 9.15 Å². The lowest BCUT2D eigenvalue weighted by Gasteiger charge is -2.03. The Morgan fingerprint density at radius 3 is 2.42 bits per heavy atom. The SMILES string of the molecule is CCc1c(-c2ccc(OC)cc2)oc2ccccc12. The highest BCUT2D eigenvalue weighted by Gasteiger charge is 2.13. The number of para-hydroxylation sites is 1. The van der Waals surface area contributed by atoms with Crippen LogP contribution in [-0.2, 0) is 6.42 Å². The first kappa shape index (κ1) is 11.8. The first-order valence-electron chi connectivity index (χ1n) is 6.48. The van der Waals surface area contributed by atoms with Gasteiger partial charge in [-0.2, -0.15) is 0 Å². The third-order valence-electron chi connectivity index (χ3n) is 3.40. The van der Waals surface area contributed by atoms with Gasteiger partial charge in [0.05, 0.1) is 7.11 Å². The zero-order chi connectivity index (χ0) is 13.2. The molecule has 0 aliphatic carbocycles. The van der Waals surface area contributed by atoms with Crippen LogP contribution < -0.4 is 4.74 Å². The average Bonchev–Trinajstić information content (AvgIpc) is 2.85. The van der Waals surface area contributed by atoms with Crippen LogP contribution in [0.25, 0.3) is 22.3 Å². The van der Waals surface area contributed by atoms with E-state index in [1.807, 2.05) is 36.4 Å². The van der Waals surface area contributed by atoms with Crippen LogP contribution in [0.15, 0.2) is 52.9 Å². The Bertz CT molecular complexity index is 693. The summed E-state index contributed by atoms with van der Waals surface area (Å²) in [5, 5.41) is 1.20. The monoisotopic (exact) mass is 252 g/mol. The molecule has 0 spiro atoms.